The van der Waals surface area contributed by atoms with Crippen LogP contribution in [-0.2, 0) is 4.79 Å². The van der Waals surface area contributed by atoms with E-state index in [2.05, 4.69) is 27.0 Å². The number of aliphatic hydroxyl groups is 1. The first-order valence-electron chi connectivity index (χ1n) is 13.4. The van der Waals surface area contributed by atoms with Gasteiger partial charge in [0.25, 0.3) is 11.8 Å². The SMILES string of the molecule is CN1C(=O)C(NC(=O)c2cc(Oc3ccccc3)ccn2)COc2ccc(C#CC3(O)CN(CC4CC4)C3)cc21. The topological polar surface area (TPSA) is 104 Å². The van der Waals surface area contributed by atoms with E-state index >= 15 is 0 Å². The second kappa shape index (κ2) is 10.6. The third-order valence-corrected chi connectivity index (χ3v) is 7.23. The number of likely N-dealkylation sites (tertiary alicyclic amines) is 1. The summed E-state index contributed by atoms with van der Waals surface area (Å²) >= 11 is 0. The zero-order chi connectivity index (χ0) is 27.7. The minimum absolute atomic E-state index is 0.0380. The quantitative estimate of drug-likeness (QED) is 0.465. The van der Waals surface area contributed by atoms with E-state index in [4.69, 9.17) is 9.47 Å². The van der Waals surface area contributed by atoms with E-state index in [9.17, 15) is 14.7 Å². The lowest BCUT2D eigenvalue weighted by molar-refractivity contribution is -0.120. The number of likely N-dealkylation sites (N-methyl/N-ethyl adjacent to an activating group) is 1. The Hall–Kier alpha value is -4.39. The number of fused-ring (bicyclic) bond motifs is 1. The largest absolute Gasteiger partial charge is 0.489 e. The molecule has 1 saturated heterocycles. The molecular formula is C31H30N4O5. The highest BCUT2D eigenvalue weighted by atomic mass is 16.5. The summed E-state index contributed by atoms with van der Waals surface area (Å²) in [6, 6.07) is 16.8. The lowest BCUT2D eigenvalue weighted by Crippen LogP contribution is -2.61. The number of amides is 2. The standard InChI is InChI=1S/C31H30N4O5/c1-34-27-15-21(11-13-31(38)19-35(20-31)17-22-7-8-22)9-10-28(27)39-18-26(30(34)37)33-29(36)25-16-24(12-14-32-25)40-23-5-3-2-4-6-23/h2-6,9-10,12,14-16,22,26,38H,7-8,17-20H2,1H3,(H,33,36). The number of anilines is 1. The number of ether oxygens (including phenoxy) is 2. The van der Waals surface area contributed by atoms with Crippen LogP contribution in [0.2, 0.25) is 0 Å². The molecule has 1 saturated carbocycles. The van der Waals surface area contributed by atoms with E-state index in [-0.39, 0.29) is 18.2 Å². The van der Waals surface area contributed by atoms with Crippen molar-refractivity contribution < 1.29 is 24.2 Å². The van der Waals surface area contributed by atoms with Gasteiger partial charge in [0, 0.05) is 44.5 Å². The number of carbonyl (C=O) groups is 2. The van der Waals surface area contributed by atoms with Crippen molar-refractivity contribution in [2.45, 2.75) is 24.5 Å². The van der Waals surface area contributed by atoms with Crippen LogP contribution < -0.4 is 19.7 Å². The van der Waals surface area contributed by atoms with E-state index < -0.39 is 17.6 Å². The molecule has 6 rings (SSSR count). The van der Waals surface area contributed by atoms with Gasteiger partial charge in [0.1, 0.15) is 35.6 Å². The van der Waals surface area contributed by atoms with Crippen LogP contribution in [0.1, 0.15) is 28.9 Å². The molecule has 3 heterocycles. The molecule has 1 aromatic heterocycles. The number of pyridine rings is 1. The van der Waals surface area contributed by atoms with E-state index in [1.54, 1.807) is 31.3 Å². The molecule has 2 aliphatic heterocycles. The van der Waals surface area contributed by atoms with Crippen molar-refractivity contribution in [2.24, 2.45) is 5.92 Å². The summed E-state index contributed by atoms with van der Waals surface area (Å²) in [5, 5.41) is 13.4. The number of hydrogen-bond donors (Lipinski definition) is 2. The second-order valence-electron chi connectivity index (χ2n) is 10.6. The van der Waals surface area contributed by atoms with Crippen molar-refractivity contribution in [1.29, 1.82) is 0 Å². The first-order valence-corrected chi connectivity index (χ1v) is 13.4. The molecular weight excluding hydrogens is 508 g/mol. The Kier molecular flexibility index (Phi) is 6.88. The van der Waals surface area contributed by atoms with Crippen molar-refractivity contribution >= 4 is 17.5 Å². The number of benzene rings is 2. The number of hydrogen-bond acceptors (Lipinski definition) is 7. The highest BCUT2D eigenvalue weighted by Crippen LogP contribution is 2.34. The zero-order valence-corrected chi connectivity index (χ0v) is 22.2. The van der Waals surface area contributed by atoms with Gasteiger partial charge in [-0.25, -0.2) is 0 Å². The summed E-state index contributed by atoms with van der Waals surface area (Å²) in [7, 11) is 1.63. The minimum atomic E-state index is -1.01. The van der Waals surface area contributed by atoms with E-state index in [0.29, 0.717) is 41.6 Å². The summed E-state index contributed by atoms with van der Waals surface area (Å²) in [5.74, 6) is 7.58. The van der Waals surface area contributed by atoms with Crippen LogP contribution in [0.25, 0.3) is 0 Å². The van der Waals surface area contributed by atoms with Gasteiger partial charge in [0.2, 0.25) is 0 Å². The molecule has 9 heteroatoms. The predicted molar refractivity (Wildman–Crippen MR) is 148 cm³/mol. The fourth-order valence-electron chi connectivity index (χ4n) is 4.89. The van der Waals surface area contributed by atoms with Gasteiger partial charge in [-0.3, -0.25) is 19.5 Å². The van der Waals surface area contributed by atoms with Crippen molar-refractivity contribution in [3.8, 4) is 29.1 Å². The summed E-state index contributed by atoms with van der Waals surface area (Å²) in [5.41, 5.74) is 0.318. The van der Waals surface area contributed by atoms with Crippen LogP contribution >= 0.6 is 0 Å². The van der Waals surface area contributed by atoms with Crippen molar-refractivity contribution in [1.82, 2.24) is 15.2 Å². The van der Waals surface area contributed by atoms with Gasteiger partial charge in [0.05, 0.1) is 5.69 Å². The van der Waals surface area contributed by atoms with Gasteiger partial charge in [0.15, 0.2) is 5.60 Å². The fraction of sp³-hybridized carbons (Fsp3) is 0.323. The first-order chi connectivity index (χ1) is 19.3. The second-order valence-corrected chi connectivity index (χ2v) is 10.6. The summed E-state index contributed by atoms with van der Waals surface area (Å²) in [4.78, 5) is 34.1. The molecule has 204 valence electrons. The normalized spacial score (nSPS) is 19.7. The van der Waals surface area contributed by atoms with Gasteiger partial charge in [-0.1, -0.05) is 30.0 Å². The number of para-hydroxylation sites is 1. The fourth-order valence-corrected chi connectivity index (χ4v) is 4.89. The monoisotopic (exact) mass is 538 g/mol. The molecule has 1 aliphatic carbocycles. The molecule has 0 spiro atoms. The van der Waals surface area contributed by atoms with Crippen molar-refractivity contribution in [3.63, 3.8) is 0 Å². The smallest absolute Gasteiger partial charge is 0.270 e. The Labute approximate surface area is 232 Å². The van der Waals surface area contributed by atoms with Gasteiger partial charge in [-0.15, -0.1) is 0 Å². The Morgan fingerprint density at radius 2 is 1.95 bits per heavy atom. The van der Waals surface area contributed by atoms with Gasteiger partial charge >= 0.3 is 0 Å². The number of aromatic nitrogens is 1. The highest BCUT2D eigenvalue weighted by Gasteiger charge is 2.41. The van der Waals surface area contributed by atoms with E-state index in [1.165, 1.54) is 30.0 Å². The maximum Gasteiger partial charge on any atom is 0.270 e. The molecule has 0 radical (unpaired) electrons. The van der Waals surface area contributed by atoms with Crippen LogP contribution in [0.3, 0.4) is 0 Å². The Morgan fingerprint density at radius 1 is 1.15 bits per heavy atom. The van der Waals surface area contributed by atoms with Gasteiger partial charge in [-0.05, 0) is 55.2 Å². The van der Waals surface area contributed by atoms with Gasteiger partial charge < -0.3 is 24.8 Å². The maximum absolute atomic E-state index is 13.3. The summed E-state index contributed by atoms with van der Waals surface area (Å²) < 4.78 is 11.7. The number of nitrogens with zero attached hydrogens (tertiary/aromatic N) is 3. The number of carbonyl (C=O) groups excluding carboxylic acids is 2. The predicted octanol–water partition coefficient (Wildman–Crippen LogP) is 2.84. The van der Waals surface area contributed by atoms with Crippen molar-refractivity contribution in [3.05, 3.63) is 78.1 Å². The van der Waals surface area contributed by atoms with E-state index in [1.807, 2.05) is 30.3 Å². The van der Waals surface area contributed by atoms with E-state index in [0.717, 1.165) is 12.5 Å². The van der Waals surface area contributed by atoms with Crippen LogP contribution in [-0.4, -0.2) is 71.7 Å². The molecule has 2 aromatic carbocycles. The average molecular weight is 539 g/mol. The molecule has 3 aliphatic rings. The third-order valence-electron chi connectivity index (χ3n) is 7.23. The van der Waals surface area contributed by atoms with Gasteiger partial charge in [-0.2, -0.15) is 0 Å². The molecule has 3 aromatic rings. The number of nitrogens with one attached hydrogen (secondary N) is 1. The summed E-state index contributed by atoms with van der Waals surface area (Å²) in [6.45, 7) is 2.11. The molecule has 1 unspecified atom stereocenters. The first kappa shape index (κ1) is 25.9. The van der Waals surface area contributed by atoms with Crippen LogP contribution in [0.5, 0.6) is 17.2 Å². The Bertz CT molecular complexity index is 1490. The molecule has 2 amide bonds. The zero-order valence-electron chi connectivity index (χ0n) is 22.2. The Balaban J connectivity index is 1.11. The highest BCUT2D eigenvalue weighted by molar-refractivity contribution is 6.03. The molecule has 0 bridgehead atoms. The van der Waals surface area contributed by atoms with Crippen LogP contribution in [0.4, 0.5) is 5.69 Å². The molecule has 1 atom stereocenters. The molecule has 40 heavy (non-hydrogen) atoms. The third kappa shape index (κ3) is 5.78. The molecule has 9 nitrogen and oxygen atoms in total. The minimum Gasteiger partial charge on any atom is -0.489 e. The Morgan fingerprint density at radius 3 is 2.73 bits per heavy atom. The molecule has 2 N–H and O–H groups in total. The lowest BCUT2D eigenvalue weighted by Gasteiger charge is -2.43. The van der Waals surface area contributed by atoms with Crippen LogP contribution in [0.15, 0.2) is 66.9 Å². The lowest BCUT2D eigenvalue weighted by atomic mass is 9.94. The summed E-state index contributed by atoms with van der Waals surface area (Å²) in [6.07, 6.45) is 4.04. The number of rotatable bonds is 6. The molecule has 2 fully saturated rings. The van der Waals surface area contributed by atoms with Crippen LogP contribution in [0, 0.1) is 17.8 Å². The van der Waals surface area contributed by atoms with Crippen molar-refractivity contribution in [2.75, 3.05) is 38.2 Å². The maximum atomic E-state index is 13.3. The average Bonchev–Trinajstić information content (AvgIpc) is 3.78. The number of β-amino-alcohol motifs (C(OH)–C–C–N with tert-alkyl or cyclic N) is 1.